The molecule has 0 atom stereocenters. The molecule has 0 aliphatic carbocycles. The standard InChI is InChI=1S/4C9H20O.Ti/c4*1-9(2)7-5-3-4-6-8-10;/h4*9-10H,3-8H2,1-2H3;. The van der Waals surface area contributed by atoms with Crippen molar-refractivity contribution in [3.05, 3.63) is 0 Å². The molecule has 0 unspecified atom stereocenters. The van der Waals surface area contributed by atoms with E-state index in [1.165, 1.54) is 103 Å². The van der Waals surface area contributed by atoms with Gasteiger partial charge in [-0.15, -0.1) is 0 Å². The van der Waals surface area contributed by atoms with Crippen LogP contribution in [0.3, 0.4) is 0 Å². The average Bonchev–Trinajstić information content (AvgIpc) is 2.89. The van der Waals surface area contributed by atoms with Crippen LogP contribution in [0, 0.1) is 23.7 Å². The van der Waals surface area contributed by atoms with Crippen molar-refractivity contribution in [1.29, 1.82) is 0 Å². The topological polar surface area (TPSA) is 80.9 Å². The van der Waals surface area contributed by atoms with Crippen LogP contribution < -0.4 is 0 Å². The molecule has 0 saturated carbocycles. The van der Waals surface area contributed by atoms with Crippen LogP contribution in [0.4, 0.5) is 0 Å². The van der Waals surface area contributed by atoms with E-state index in [9.17, 15) is 0 Å². The van der Waals surface area contributed by atoms with Gasteiger partial charge in [0.1, 0.15) is 0 Å². The molecule has 0 fully saturated rings. The Morgan fingerprint density at radius 1 is 0.268 bits per heavy atom. The maximum absolute atomic E-state index is 8.47. The van der Waals surface area contributed by atoms with Crippen LogP contribution in [0.15, 0.2) is 0 Å². The predicted octanol–water partition coefficient (Wildman–Crippen LogP) is 10.3. The summed E-state index contributed by atoms with van der Waals surface area (Å²) >= 11 is 0. The van der Waals surface area contributed by atoms with Crippen LogP contribution in [0.2, 0.25) is 0 Å². The Hall–Kier alpha value is 0.554. The molecule has 4 nitrogen and oxygen atoms in total. The van der Waals surface area contributed by atoms with E-state index in [-0.39, 0.29) is 21.7 Å². The molecular weight excluding hydrogens is 544 g/mol. The summed E-state index contributed by atoms with van der Waals surface area (Å²) in [7, 11) is 0. The van der Waals surface area contributed by atoms with Crippen LogP contribution in [0.5, 0.6) is 0 Å². The third kappa shape index (κ3) is 73.9. The molecule has 0 aromatic heterocycles. The van der Waals surface area contributed by atoms with Crippen molar-refractivity contribution in [2.45, 2.75) is 184 Å². The van der Waals surface area contributed by atoms with Crippen molar-refractivity contribution < 1.29 is 42.1 Å². The minimum absolute atomic E-state index is 0. The summed E-state index contributed by atoms with van der Waals surface area (Å²) in [5, 5.41) is 33.9. The van der Waals surface area contributed by atoms with Gasteiger partial charge in [-0.05, 0) is 49.4 Å². The molecule has 4 N–H and O–H groups in total. The smallest absolute Gasteiger partial charge is 0.0431 e. The number of hydrogen-bond acceptors (Lipinski definition) is 4. The van der Waals surface area contributed by atoms with E-state index in [2.05, 4.69) is 55.4 Å². The van der Waals surface area contributed by atoms with Crippen LogP contribution in [0.1, 0.15) is 184 Å². The first kappa shape index (κ1) is 51.1. The molecule has 0 aliphatic heterocycles. The Bertz CT molecular complexity index is 318. The first-order valence-electron chi connectivity index (χ1n) is 17.5. The molecule has 0 aromatic rings. The molecule has 0 heterocycles. The van der Waals surface area contributed by atoms with Gasteiger partial charge in [-0.3, -0.25) is 0 Å². The van der Waals surface area contributed by atoms with E-state index in [0.29, 0.717) is 26.4 Å². The average molecular weight is 625 g/mol. The Morgan fingerprint density at radius 3 is 0.537 bits per heavy atom. The van der Waals surface area contributed by atoms with Gasteiger partial charge in [0.15, 0.2) is 0 Å². The zero-order chi connectivity index (χ0) is 31.3. The fraction of sp³-hybridized carbons (Fsp3) is 1.00. The minimum atomic E-state index is 0. The molecule has 41 heavy (non-hydrogen) atoms. The van der Waals surface area contributed by atoms with Crippen molar-refractivity contribution in [3.63, 3.8) is 0 Å². The van der Waals surface area contributed by atoms with E-state index in [4.69, 9.17) is 20.4 Å². The minimum Gasteiger partial charge on any atom is -0.396 e. The Balaban J connectivity index is -0.000000139. The van der Waals surface area contributed by atoms with Crippen molar-refractivity contribution in [1.82, 2.24) is 0 Å². The quantitative estimate of drug-likeness (QED) is 0.0636. The third-order valence-corrected chi connectivity index (χ3v) is 6.76. The SMILES string of the molecule is CC(C)CCCCCCO.CC(C)CCCCCCO.CC(C)CCCCCCO.CC(C)CCCCCCO.[Ti]. The van der Waals surface area contributed by atoms with Gasteiger partial charge < -0.3 is 20.4 Å². The summed E-state index contributed by atoms with van der Waals surface area (Å²) in [5.74, 6) is 3.37. The fourth-order valence-corrected chi connectivity index (χ4v) is 4.07. The maximum Gasteiger partial charge on any atom is 0.0431 e. The van der Waals surface area contributed by atoms with Crippen molar-refractivity contribution in [3.8, 4) is 0 Å². The summed E-state index contributed by atoms with van der Waals surface area (Å²) in [6, 6.07) is 0. The van der Waals surface area contributed by atoms with E-state index in [1.807, 2.05) is 0 Å². The molecule has 252 valence electrons. The monoisotopic (exact) mass is 625 g/mol. The molecule has 5 heteroatoms. The van der Waals surface area contributed by atoms with Crippen LogP contribution >= 0.6 is 0 Å². The van der Waals surface area contributed by atoms with E-state index >= 15 is 0 Å². The molecular formula is C36H80O4Ti. The maximum atomic E-state index is 8.47. The second kappa shape index (κ2) is 47.5. The van der Waals surface area contributed by atoms with E-state index < -0.39 is 0 Å². The molecule has 0 aromatic carbocycles. The number of aliphatic hydroxyl groups is 4. The van der Waals surface area contributed by atoms with E-state index in [1.54, 1.807) is 0 Å². The molecule has 0 aliphatic rings. The summed E-state index contributed by atoms with van der Waals surface area (Å²) in [6.07, 6.45) is 24.6. The van der Waals surface area contributed by atoms with Crippen molar-refractivity contribution in [2.75, 3.05) is 26.4 Å². The molecule has 0 radical (unpaired) electrons. The van der Waals surface area contributed by atoms with Gasteiger partial charge in [0, 0.05) is 48.1 Å². The normalized spacial score (nSPS) is 10.5. The molecule has 0 spiro atoms. The van der Waals surface area contributed by atoms with E-state index in [0.717, 1.165) is 49.4 Å². The fourth-order valence-electron chi connectivity index (χ4n) is 4.07. The number of rotatable bonds is 24. The van der Waals surface area contributed by atoms with Gasteiger partial charge in [-0.2, -0.15) is 0 Å². The van der Waals surface area contributed by atoms with Gasteiger partial charge in [0.2, 0.25) is 0 Å². The number of hydrogen-bond donors (Lipinski definition) is 4. The first-order valence-corrected chi connectivity index (χ1v) is 17.5. The van der Waals surface area contributed by atoms with Crippen molar-refractivity contribution >= 4 is 0 Å². The number of unbranched alkanes of at least 4 members (excludes halogenated alkanes) is 12. The summed E-state index contributed by atoms with van der Waals surface area (Å²) < 4.78 is 0. The predicted molar refractivity (Wildman–Crippen MR) is 180 cm³/mol. The Kier molecular flexibility index (Phi) is 59.2. The molecule has 0 rings (SSSR count). The first-order chi connectivity index (χ1) is 19.1. The van der Waals surface area contributed by atoms with Gasteiger partial charge in [-0.25, -0.2) is 0 Å². The summed E-state index contributed by atoms with van der Waals surface area (Å²) in [6.45, 7) is 19.5. The Labute approximate surface area is 275 Å². The molecule has 0 amide bonds. The molecule has 0 bridgehead atoms. The largest absolute Gasteiger partial charge is 0.396 e. The van der Waals surface area contributed by atoms with Crippen LogP contribution in [-0.2, 0) is 21.7 Å². The van der Waals surface area contributed by atoms with Gasteiger partial charge in [-0.1, -0.05) is 158 Å². The van der Waals surface area contributed by atoms with Gasteiger partial charge >= 0.3 is 0 Å². The summed E-state index contributed by atoms with van der Waals surface area (Å²) in [4.78, 5) is 0. The van der Waals surface area contributed by atoms with Crippen molar-refractivity contribution in [2.24, 2.45) is 23.7 Å². The second-order valence-corrected chi connectivity index (χ2v) is 13.3. The number of aliphatic hydroxyl groups excluding tert-OH is 4. The molecule has 0 saturated heterocycles. The zero-order valence-corrected chi connectivity index (χ0v) is 31.1. The van der Waals surface area contributed by atoms with Crippen LogP contribution in [-0.4, -0.2) is 46.9 Å². The van der Waals surface area contributed by atoms with Gasteiger partial charge in [0.25, 0.3) is 0 Å². The zero-order valence-electron chi connectivity index (χ0n) is 29.6. The Morgan fingerprint density at radius 2 is 0.415 bits per heavy atom. The summed E-state index contributed by atoms with van der Waals surface area (Å²) in [5.41, 5.74) is 0. The third-order valence-electron chi connectivity index (χ3n) is 6.76. The van der Waals surface area contributed by atoms with Gasteiger partial charge in [0.05, 0.1) is 0 Å². The second-order valence-electron chi connectivity index (χ2n) is 13.3. The van der Waals surface area contributed by atoms with Crippen LogP contribution in [0.25, 0.3) is 0 Å².